The number of nitrogens with one attached hydrogen (secondary N) is 1. The van der Waals surface area contributed by atoms with Gasteiger partial charge < -0.3 is 19.5 Å². The molecular formula is C18H19F3N2O5. The van der Waals surface area contributed by atoms with Gasteiger partial charge in [-0.1, -0.05) is 0 Å². The molecule has 2 amide bonds. The molecule has 1 N–H and O–H groups in total. The van der Waals surface area contributed by atoms with E-state index in [4.69, 9.17) is 14.2 Å². The Morgan fingerprint density at radius 1 is 1.25 bits per heavy atom. The molecule has 10 heteroatoms. The molecule has 3 aliphatic rings. The van der Waals surface area contributed by atoms with E-state index >= 15 is 0 Å². The molecule has 2 atom stereocenters. The van der Waals surface area contributed by atoms with Crippen LogP contribution in [0.2, 0.25) is 0 Å². The van der Waals surface area contributed by atoms with Crippen LogP contribution in [0.5, 0.6) is 0 Å². The number of hydrogen-bond donors (Lipinski definition) is 1. The normalized spacial score (nSPS) is 26.5. The van der Waals surface area contributed by atoms with Crippen LogP contribution in [0.25, 0.3) is 0 Å². The second-order valence-electron chi connectivity index (χ2n) is 7.31. The van der Waals surface area contributed by atoms with Crippen LogP contribution in [-0.2, 0) is 20.8 Å². The van der Waals surface area contributed by atoms with Crippen LogP contribution in [0, 0.1) is 17.5 Å². The van der Waals surface area contributed by atoms with Gasteiger partial charge in [0.1, 0.15) is 24.1 Å². The molecule has 2 saturated heterocycles. The van der Waals surface area contributed by atoms with Crippen LogP contribution in [0.1, 0.15) is 24.8 Å². The van der Waals surface area contributed by atoms with Gasteiger partial charge in [0.25, 0.3) is 0 Å². The highest BCUT2D eigenvalue weighted by Crippen LogP contribution is 2.35. The molecule has 28 heavy (non-hydrogen) atoms. The maximum absolute atomic E-state index is 13.7. The number of rotatable bonds is 5. The molecule has 1 aromatic rings. The Hall–Kier alpha value is -2.49. The lowest BCUT2D eigenvalue weighted by Gasteiger charge is -2.53. The summed E-state index contributed by atoms with van der Waals surface area (Å²) < 4.78 is 55.9. The fraction of sp³-hybridized carbons (Fsp3) is 0.556. The SMILES string of the molecule is O=C1NC2(CO1)CN(C(=O)OC1CCC1)C2COCc1cc(F)c(F)cc1F. The molecule has 0 bridgehead atoms. The van der Waals surface area contributed by atoms with Gasteiger partial charge in [-0.2, -0.15) is 0 Å². The molecule has 7 nitrogen and oxygen atoms in total. The van der Waals surface area contributed by atoms with Crippen molar-refractivity contribution in [3.8, 4) is 0 Å². The number of ether oxygens (including phenoxy) is 3. The summed E-state index contributed by atoms with van der Waals surface area (Å²) in [5.41, 5.74) is -0.954. The third-order valence-corrected chi connectivity index (χ3v) is 5.46. The van der Waals surface area contributed by atoms with Gasteiger partial charge in [0.2, 0.25) is 0 Å². The predicted octanol–water partition coefficient (Wildman–Crippen LogP) is 2.47. The second kappa shape index (κ2) is 7.16. The molecule has 0 radical (unpaired) electrons. The van der Waals surface area contributed by atoms with Gasteiger partial charge in [-0.05, 0) is 25.3 Å². The highest BCUT2D eigenvalue weighted by molar-refractivity contribution is 5.75. The van der Waals surface area contributed by atoms with Gasteiger partial charge in [-0.25, -0.2) is 22.8 Å². The molecule has 2 aliphatic heterocycles. The monoisotopic (exact) mass is 400 g/mol. The minimum absolute atomic E-state index is 0.0621. The summed E-state index contributed by atoms with van der Waals surface area (Å²) in [7, 11) is 0. The van der Waals surface area contributed by atoms with Gasteiger partial charge in [0.15, 0.2) is 11.6 Å². The third-order valence-electron chi connectivity index (χ3n) is 5.46. The molecular weight excluding hydrogens is 381 g/mol. The molecule has 2 heterocycles. The highest BCUT2D eigenvalue weighted by atomic mass is 19.2. The summed E-state index contributed by atoms with van der Waals surface area (Å²) in [4.78, 5) is 25.3. The Balaban J connectivity index is 1.40. The van der Waals surface area contributed by atoms with Gasteiger partial charge in [-0.15, -0.1) is 0 Å². The number of alkyl carbamates (subject to hydrolysis) is 1. The zero-order valence-electron chi connectivity index (χ0n) is 14.9. The minimum atomic E-state index is -1.28. The van der Waals surface area contributed by atoms with Crippen LogP contribution < -0.4 is 5.32 Å². The van der Waals surface area contributed by atoms with Crippen molar-refractivity contribution in [3.05, 3.63) is 35.1 Å². The zero-order valence-corrected chi connectivity index (χ0v) is 14.9. The number of nitrogens with zero attached hydrogens (tertiary/aromatic N) is 1. The lowest BCUT2D eigenvalue weighted by molar-refractivity contribution is -0.0787. The van der Waals surface area contributed by atoms with E-state index in [9.17, 15) is 22.8 Å². The van der Waals surface area contributed by atoms with Crippen molar-refractivity contribution in [2.24, 2.45) is 0 Å². The molecule has 3 fully saturated rings. The molecule has 2 unspecified atom stereocenters. The molecule has 152 valence electrons. The van der Waals surface area contributed by atoms with E-state index in [1.54, 1.807) is 0 Å². The lowest BCUT2D eigenvalue weighted by Crippen LogP contribution is -2.78. The average Bonchev–Trinajstić information content (AvgIpc) is 3.01. The Morgan fingerprint density at radius 2 is 2.00 bits per heavy atom. The summed E-state index contributed by atoms with van der Waals surface area (Å²) in [6.07, 6.45) is 1.45. The summed E-state index contributed by atoms with van der Waals surface area (Å²) in [6.45, 7) is -0.123. The second-order valence-corrected chi connectivity index (χ2v) is 7.31. The first-order valence-corrected chi connectivity index (χ1v) is 9.01. The van der Waals surface area contributed by atoms with Crippen LogP contribution in [0.3, 0.4) is 0 Å². The zero-order chi connectivity index (χ0) is 19.9. The fourth-order valence-corrected chi connectivity index (χ4v) is 3.53. The van der Waals surface area contributed by atoms with Gasteiger partial charge in [0, 0.05) is 11.6 Å². The van der Waals surface area contributed by atoms with Crippen LogP contribution >= 0.6 is 0 Å². The number of cyclic esters (lactones) is 1. The molecule has 1 aromatic carbocycles. The number of benzene rings is 1. The topological polar surface area (TPSA) is 77.1 Å². The summed E-state index contributed by atoms with van der Waals surface area (Å²) in [5.74, 6) is -3.39. The molecule has 1 spiro atoms. The maximum Gasteiger partial charge on any atom is 0.410 e. The predicted molar refractivity (Wildman–Crippen MR) is 87.8 cm³/mol. The van der Waals surface area contributed by atoms with E-state index in [-0.39, 0.29) is 38.0 Å². The van der Waals surface area contributed by atoms with Gasteiger partial charge in [0.05, 0.1) is 25.8 Å². The number of carbonyl (C=O) groups is 2. The van der Waals surface area contributed by atoms with E-state index in [0.29, 0.717) is 6.07 Å². The van der Waals surface area contributed by atoms with Crippen molar-refractivity contribution in [1.29, 1.82) is 0 Å². The molecule has 1 aliphatic carbocycles. The number of amides is 2. The van der Waals surface area contributed by atoms with E-state index in [1.807, 2.05) is 0 Å². The smallest absolute Gasteiger partial charge is 0.410 e. The quantitative estimate of drug-likeness (QED) is 0.769. The first-order valence-electron chi connectivity index (χ1n) is 9.01. The standard InChI is InChI=1S/C18H19F3N2O5/c19-12-5-14(21)13(20)4-10(12)6-26-7-15-18(9-27-16(24)22-18)8-23(15)17(25)28-11-2-1-3-11/h4-5,11,15H,1-3,6-9H2,(H,22,24). The first kappa shape index (κ1) is 18.9. The van der Waals surface area contributed by atoms with Gasteiger partial charge >= 0.3 is 12.2 Å². The Morgan fingerprint density at radius 3 is 2.64 bits per heavy atom. The fourth-order valence-electron chi connectivity index (χ4n) is 3.53. The van der Waals surface area contributed by atoms with E-state index in [2.05, 4.69) is 5.32 Å². The van der Waals surface area contributed by atoms with Crippen molar-refractivity contribution < 1.29 is 37.0 Å². The van der Waals surface area contributed by atoms with E-state index in [0.717, 1.165) is 25.3 Å². The van der Waals surface area contributed by atoms with Crippen molar-refractivity contribution in [3.63, 3.8) is 0 Å². The molecule has 0 aromatic heterocycles. The average molecular weight is 400 g/mol. The van der Waals surface area contributed by atoms with Crippen molar-refractivity contribution in [2.75, 3.05) is 19.8 Å². The van der Waals surface area contributed by atoms with Crippen LogP contribution in [0.15, 0.2) is 12.1 Å². The largest absolute Gasteiger partial charge is 0.447 e. The lowest BCUT2D eigenvalue weighted by atomic mass is 9.81. The van der Waals surface area contributed by atoms with Gasteiger partial charge in [-0.3, -0.25) is 4.90 Å². The number of carbonyl (C=O) groups excluding carboxylic acids is 2. The van der Waals surface area contributed by atoms with Crippen molar-refractivity contribution in [2.45, 2.75) is 43.6 Å². The summed E-state index contributed by atoms with van der Waals surface area (Å²) in [5, 5.41) is 2.69. The Bertz CT molecular complexity index is 804. The van der Waals surface area contributed by atoms with E-state index in [1.165, 1.54) is 4.90 Å². The number of hydrogen-bond acceptors (Lipinski definition) is 5. The Labute approximate surface area is 158 Å². The third kappa shape index (κ3) is 3.36. The van der Waals surface area contributed by atoms with Crippen molar-refractivity contribution >= 4 is 12.2 Å². The first-order chi connectivity index (χ1) is 13.4. The summed E-state index contributed by atoms with van der Waals surface area (Å²) in [6, 6.07) is 0.594. The number of halogens is 3. The molecule has 1 saturated carbocycles. The van der Waals surface area contributed by atoms with E-state index < -0.39 is 41.2 Å². The number of likely N-dealkylation sites (tertiary alicyclic amines) is 1. The van der Waals surface area contributed by atoms with Crippen molar-refractivity contribution in [1.82, 2.24) is 10.2 Å². The minimum Gasteiger partial charge on any atom is -0.447 e. The Kier molecular flexibility index (Phi) is 4.82. The summed E-state index contributed by atoms with van der Waals surface area (Å²) >= 11 is 0. The van der Waals surface area contributed by atoms with Crippen LogP contribution in [0.4, 0.5) is 22.8 Å². The molecule has 4 rings (SSSR count). The maximum atomic E-state index is 13.7. The highest BCUT2D eigenvalue weighted by Gasteiger charge is 2.60. The van der Waals surface area contributed by atoms with Crippen LogP contribution in [-0.4, -0.2) is 54.5 Å².